The number of carbonyl (C=O) groups is 1. The first-order chi connectivity index (χ1) is 18.1. The molecule has 0 spiro atoms. The molecular weight excluding hydrogens is 536 g/mol. The molecule has 0 fully saturated rings. The second-order valence-electron chi connectivity index (χ2n) is 7.80. The SMILES string of the molecule is Cc1nn(-c2ccccc2)c(Cl)c1/C=N/Nc1ccc(S(=O)(=O)Nc2ccccc2C(=O)O)cc1[N+](=O)[O-]. The Hall–Kier alpha value is -4.75. The average molecular weight is 555 g/mol. The first-order valence-corrected chi connectivity index (χ1v) is 12.7. The highest BCUT2D eigenvalue weighted by molar-refractivity contribution is 7.92. The number of nitro groups is 1. The van der Waals surface area contributed by atoms with Crippen molar-refractivity contribution in [2.75, 3.05) is 10.1 Å². The molecule has 38 heavy (non-hydrogen) atoms. The molecular formula is C24H19ClN6O6S. The van der Waals surface area contributed by atoms with Crippen LogP contribution in [0.4, 0.5) is 17.1 Å². The number of hydrazone groups is 1. The molecule has 1 aromatic heterocycles. The van der Waals surface area contributed by atoms with Gasteiger partial charge in [-0.15, -0.1) is 0 Å². The van der Waals surface area contributed by atoms with Gasteiger partial charge in [-0.25, -0.2) is 17.9 Å². The van der Waals surface area contributed by atoms with E-state index >= 15 is 0 Å². The molecule has 0 aliphatic rings. The highest BCUT2D eigenvalue weighted by Crippen LogP contribution is 2.29. The van der Waals surface area contributed by atoms with Gasteiger partial charge in [0.25, 0.3) is 15.7 Å². The van der Waals surface area contributed by atoms with E-state index in [-0.39, 0.29) is 22.1 Å². The molecule has 0 atom stereocenters. The lowest BCUT2D eigenvalue weighted by Crippen LogP contribution is -2.16. The van der Waals surface area contributed by atoms with Crippen LogP contribution in [0, 0.1) is 17.0 Å². The second-order valence-corrected chi connectivity index (χ2v) is 9.84. The van der Waals surface area contributed by atoms with Gasteiger partial charge in [-0.1, -0.05) is 41.9 Å². The van der Waals surface area contributed by atoms with Crippen molar-refractivity contribution in [3.8, 4) is 5.69 Å². The number of halogens is 1. The van der Waals surface area contributed by atoms with Crippen molar-refractivity contribution in [1.82, 2.24) is 9.78 Å². The standard InChI is InChI=1S/C24H19ClN6O6S/c1-15-19(23(25)30(28-15)16-7-3-2-4-8-16)14-26-27-21-12-11-17(13-22(21)31(34)35)38(36,37)29-20-10-6-5-9-18(20)24(32)33/h2-14,27,29H,1H3,(H,32,33)/b26-14+. The maximum absolute atomic E-state index is 12.9. The average Bonchev–Trinajstić information content (AvgIpc) is 3.17. The topological polar surface area (TPSA) is 169 Å². The van der Waals surface area contributed by atoms with Crippen LogP contribution in [0.25, 0.3) is 5.69 Å². The van der Waals surface area contributed by atoms with E-state index in [0.717, 1.165) is 17.8 Å². The monoisotopic (exact) mass is 554 g/mol. The number of carboxylic acids is 1. The fraction of sp³-hybridized carbons (Fsp3) is 0.0417. The van der Waals surface area contributed by atoms with Crippen LogP contribution in [-0.2, 0) is 10.0 Å². The van der Waals surface area contributed by atoms with Crippen LogP contribution in [-0.4, -0.2) is 40.4 Å². The molecule has 194 valence electrons. The molecule has 0 unspecified atom stereocenters. The van der Waals surface area contributed by atoms with Gasteiger partial charge in [0.05, 0.1) is 44.2 Å². The quantitative estimate of drug-likeness (QED) is 0.152. The van der Waals surface area contributed by atoms with Gasteiger partial charge < -0.3 is 5.11 Å². The van der Waals surface area contributed by atoms with E-state index < -0.39 is 31.5 Å². The number of carboxylic acid groups (broad SMARTS) is 1. The maximum Gasteiger partial charge on any atom is 0.337 e. The molecule has 0 bridgehead atoms. The summed E-state index contributed by atoms with van der Waals surface area (Å²) >= 11 is 6.46. The molecule has 1 heterocycles. The summed E-state index contributed by atoms with van der Waals surface area (Å²) in [4.78, 5) is 21.9. The number of nitrogens with zero attached hydrogens (tertiary/aromatic N) is 4. The lowest BCUT2D eigenvalue weighted by Gasteiger charge is -2.11. The molecule has 0 saturated carbocycles. The normalized spacial score (nSPS) is 11.4. The number of hydrogen-bond acceptors (Lipinski definition) is 8. The summed E-state index contributed by atoms with van der Waals surface area (Å²) in [5.74, 6) is -1.34. The predicted molar refractivity (Wildman–Crippen MR) is 142 cm³/mol. The summed E-state index contributed by atoms with van der Waals surface area (Å²) in [5, 5.41) is 29.7. The Balaban J connectivity index is 1.59. The van der Waals surface area contributed by atoms with Crippen LogP contribution in [0.5, 0.6) is 0 Å². The Morgan fingerprint density at radius 3 is 2.47 bits per heavy atom. The summed E-state index contributed by atoms with van der Waals surface area (Å²) in [7, 11) is -4.35. The van der Waals surface area contributed by atoms with Gasteiger partial charge in [-0.3, -0.25) is 20.3 Å². The van der Waals surface area contributed by atoms with Gasteiger partial charge >= 0.3 is 5.97 Å². The minimum Gasteiger partial charge on any atom is -0.478 e. The lowest BCUT2D eigenvalue weighted by atomic mass is 10.2. The number of rotatable bonds is 9. The molecule has 3 N–H and O–H groups in total. The number of aryl methyl sites for hydroxylation is 1. The summed E-state index contributed by atoms with van der Waals surface area (Å²) < 4.78 is 29.4. The Kier molecular flexibility index (Phi) is 7.41. The number of aromatic carboxylic acids is 1. The molecule has 0 saturated heterocycles. The fourth-order valence-corrected chi connectivity index (χ4v) is 4.87. The molecule has 0 radical (unpaired) electrons. The van der Waals surface area contributed by atoms with Crippen molar-refractivity contribution in [3.63, 3.8) is 0 Å². The molecule has 0 aliphatic carbocycles. The minimum atomic E-state index is -4.35. The molecule has 14 heteroatoms. The molecule has 3 aromatic carbocycles. The van der Waals surface area contributed by atoms with E-state index in [4.69, 9.17) is 11.6 Å². The maximum atomic E-state index is 12.9. The van der Waals surface area contributed by atoms with Gasteiger partial charge in [0.2, 0.25) is 0 Å². The van der Waals surface area contributed by atoms with Crippen molar-refractivity contribution in [3.05, 3.63) is 105 Å². The van der Waals surface area contributed by atoms with Crippen molar-refractivity contribution in [2.24, 2.45) is 5.10 Å². The molecule has 0 aliphatic heterocycles. The lowest BCUT2D eigenvalue weighted by molar-refractivity contribution is -0.384. The van der Waals surface area contributed by atoms with Crippen LogP contribution in [0.15, 0.2) is 82.8 Å². The van der Waals surface area contributed by atoms with Gasteiger partial charge in [-0.2, -0.15) is 10.2 Å². The van der Waals surface area contributed by atoms with Gasteiger partial charge in [0, 0.05) is 6.07 Å². The first-order valence-electron chi connectivity index (χ1n) is 10.8. The number of benzene rings is 3. The predicted octanol–water partition coefficient (Wildman–Crippen LogP) is 4.69. The van der Waals surface area contributed by atoms with Crippen molar-refractivity contribution in [2.45, 2.75) is 11.8 Å². The molecule has 0 amide bonds. The Labute approximate surface area is 221 Å². The molecule has 4 aromatic rings. The second kappa shape index (κ2) is 10.7. The largest absolute Gasteiger partial charge is 0.478 e. The van der Waals surface area contributed by atoms with Crippen molar-refractivity contribution >= 4 is 50.9 Å². The van der Waals surface area contributed by atoms with E-state index in [9.17, 15) is 28.4 Å². The number of nitro benzene ring substituents is 1. The number of aromatic nitrogens is 2. The smallest absolute Gasteiger partial charge is 0.337 e. The van der Waals surface area contributed by atoms with Crippen molar-refractivity contribution in [1.29, 1.82) is 0 Å². The Morgan fingerprint density at radius 2 is 1.79 bits per heavy atom. The number of sulfonamides is 1. The molecule has 12 nitrogen and oxygen atoms in total. The zero-order valence-corrected chi connectivity index (χ0v) is 21.1. The zero-order chi connectivity index (χ0) is 27.4. The highest BCUT2D eigenvalue weighted by Gasteiger charge is 2.23. The first kappa shape index (κ1) is 26.3. The Bertz CT molecular complexity index is 1670. The van der Waals surface area contributed by atoms with Gasteiger partial charge in [0.15, 0.2) is 0 Å². The summed E-state index contributed by atoms with van der Waals surface area (Å²) in [6.45, 7) is 1.73. The fourth-order valence-electron chi connectivity index (χ4n) is 3.45. The number of nitrogens with one attached hydrogen (secondary N) is 2. The third-order valence-electron chi connectivity index (χ3n) is 5.31. The third kappa shape index (κ3) is 5.48. The van der Waals surface area contributed by atoms with E-state index in [1.54, 1.807) is 6.92 Å². The number of para-hydroxylation sites is 2. The summed E-state index contributed by atoms with van der Waals surface area (Å²) in [6.07, 6.45) is 1.35. The van der Waals surface area contributed by atoms with E-state index in [0.29, 0.717) is 11.3 Å². The Morgan fingerprint density at radius 1 is 1.11 bits per heavy atom. The molecule has 4 rings (SSSR count). The van der Waals surface area contributed by atoms with Gasteiger partial charge in [-0.05, 0) is 43.3 Å². The van der Waals surface area contributed by atoms with Crippen LogP contribution in [0.1, 0.15) is 21.6 Å². The van der Waals surface area contributed by atoms with Gasteiger partial charge in [0.1, 0.15) is 10.8 Å². The van der Waals surface area contributed by atoms with Crippen LogP contribution >= 0.6 is 11.6 Å². The van der Waals surface area contributed by atoms with E-state index in [1.807, 2.05) is 30.3 Å². The number of hydrogen-bond donors (Lipinski definition) is 3. The van der Waals surface area contributed by atoms with E-state index in [1.165, 1.54) is 41.2 Å². The zero-order valence-electron chi connectivity index (χ0n) is 19.6. The number of anilines is 2. The summed E-state index contributed by atoms with van der Waals surface area (Å²) in [5.41, 5.74) is 3.20. The van der Waals surface area contributed by atoms with Crippen LogP contribution in [0.2, 0.25) is 5.15 Å². The highest BCUT2D eigenvalue weighted by atomic mass is 35.5. The van der Waals surface area contributed by atoms with E-state index in [2.05, 4.69) is 20.3 Å². The third-order valence-corrected chi connectivity index (χ3v) is 7.03. The summed E-state index contributed by atoms with van der Waals surface area (Å²) in [6, 6.07) is 17.7. The van der Waals surface area contributed by atoms with Crippen LogP contribution in [0.3, 0.4) is 0 Å². The van der Waals surface area contributed by atoms with Crippen LogP contribution < -0.4 is 10.1 Å². The van der Waals surface area contributed by atoms with Crippen molar-refractivity contribution < 1.29 is 23.2 Å². The minimum absolute atomic E-state index is 0.0830.